The standard InChI is InChI=1S/C37H42ClN3O5S/c1-5-28(4)39-37(43)35(24-29-10-8-7-9-11-29)40(25-30-14-16-31(38)17-15-30)36(42)26-41(32-18-20-33(21-19-32)46-6-2)47(44,45)34-22-12-27(3)13-23-34/h7-23,28,35H,5-6,24-26H2,1-4H3,(H,39,43)/t28-,35-/m0/s1. The highest BCUT2D eigenvalue weighted by Crippen LogP contribution is 2.27. The number of sulfonamides is 1. The lowest BCUT2D eigenvalue weighted by molar-refractivity contribution is -0.140. The molecule has 0 heterocycles. The predicted molar refractivity (Wildman–Crippen MR) is 187 cm³/mol. The van der Waals surface area contributed by atoms with E-state index < -0.39 is 28.5 Å². The minimum Gasteiger partial charge on any atom is -0.494 e. The van der Waals surface area contributed by atoms with E-state index in [2.05, 4.69) is 5.32 Å². The number of carbonyl (C=O) groups excluding carboxylic acids is 2. The molecule has 2 amide bonds. The number of ether oxygens (including phenoxy) is 1. The number of nitrogens with one attached hydrogen (secondary N) is 1. The summed E-state index contributed by atoms with van der Waals surface area (Å²) in [5.41, 5.74) is 2.79. The number of halogens is 1. The van der Waals surface area contributed by atoms with Gasteiger partial charge in [0.15, 0.2) is 0 Å². The van der Waals surface area contributed by atoms with Crippen LogP contribution in [0.15, 0.2) is 108 Å². The lowest BCUT2D eigenvalue weighted by Gasteiger charge is -2.34. The molecule has 0 saturated carbocycles. The zero-order valence-corrected chi connectivity index (χ0v) is 28.8. The molecule has 0 bridgehead atoms. The fourth-order valence-corrected chi connectivity index (χ4v) is 6.56. The number of hydrogen-bond acceptors (Lipinski definition) is 5. The van der Waals surface area contributed by atoms with Gasteiger partial charge in [-0.25, -0.2) is 8.42 Å². The average molecular weight is 676 g/mol. The minimum absolute atomic E-state index is 0.0457. The Morgan fingerprint density at radius 3 is 2.09 bits per heavy atom. The number of benzene rings is 4. The summed E-state index contributed by atoms with van der Waals surface area (Å²) < 4.78 is 35.1. The zero-order chi connectivity index (χ0) is 34.0. The summed E-state index contributed by atoms with van der Waals surface area (Å²) in [6.07, 6.45) is 0.936. The van der Waals surface area contributed by atoms with Gasteiger partial charge >= 0.3 is 0 Å². The molecule has 10 heteroatoms. The van der Waals surface area contributed by atoms with Crippen molar-refractivity contribution in [2.24, 2.45) is 0 Å². The van der Waals surface area contributed by atoms with Gasteiger partial charge in [-0.15, -0.1) is 0 Å². The molecule has 0 radical (unpaired) electrons. The van der Waals surface area contributed by atoms with Crippen molar-refractivity contribution in [3.05, 3.63) is 125 Å². The number of aryl methyl sites for hydroxylation is 1. The van der Waals surface area contributed by atoms with Crippen LogP contribution >= 0.6 is 11.6 Å². The largest absolute Gasteiger partial charge is 0.494 e. The molecule has 0 fully saturated rings. The molecule has 0 saturated heterocycles. The second kappa shape index (κ2) is 16.5. The van der Waals surface area contributed by atoms with Gasteiger partial charge in [0.25, 0.3) is 10.0 Å². The highest BCUT2D eigenvalue weighted by Gasteiger charge is 2.35. The number of carbonyl (C=O) groups is 2. The van der Waals surface area contributed by atoms with Gasteiger partial charge in [0.05, 0.1) is 17.2 Å². The molecule has 4 aromatic rings. The third-order valence-corrected chi connectivity index (χ3v) is 9.90. The van der Waals surface area contributed by atoms with Crippen LogP contribution in [0.4, 0.5) is 5.69 Å². The Balaban J connectivity index is 1.80. The smallest absolute Gasteiger partial charge is 0.264 e. The lowest BCUT2D eigenvalue weighted by Crippen LogP contribution is -2.54. The van der Waals surface area contributed by atoms with Crippen LogP contribution in [0.5, 0.6) is 5.75 Å². The fraction of sp³-hybridized carbons (Fsp3) is 0.297. The van der Waals surface area contributed by atoms with E-state index in [9.17, 15) is 18.0 Å². The molecule has 4 rings (SSSR count). The van der Waals surface area contributed by atoms with E-state index >= 15 is 0 Å². The van der Waals surface area contributed by atoms with Crippen molar-refractivity contribution in [2.75, 3.05) is 17.5 Å². The number of rotatable bonds is 15. The van der Waals surface area contributed by atoms with Gasteiger partial charge in [-0.3, -0.25) is 13.9 Å². The normalized spacial score (nSPS) is 12.5. The Morgan fingerprint density at radius 1 is 0.851 bits per heavy atom. The third-order valence-electron chi connectivity index (χ3n) is 7.86. The highest BCUT2D eigenvalue weighted by atomic mass is 35.5. The monoisotopic (exact) mass is 675 g/mol. The second-order valence-corrected chi connectivity index (χ2v) is 13.7. The maximum Gasteiger partial charge on any atom is 0.264 e. The molecule has 0 aliphatic rings. The first-order valence-electron chi connectivity index (χ1n) is 15.7. The number of hydrogen-bond donors (Lipinski definition) is 1. The van der Waals surface area contributed by atoms with E-state index in [1.807, 2.05) is 58.0 Å². The minimum atomic E-state index is -4.20. The summed E-state index contributed by atoms with van der Waals surface area (Å²) in [6, 6.07) is 28.5. The van der Waals surface area contributed by atoms with Crippen LogP contribution in [0.2, 0.25) is 5.02 Å². The Kier molecular flexibility index (Phi) is 12.4. The van der Waals surface area contributed by atoms with Crippen LogP contribution in [0, 0.1) is 6.92 Å². The molecule has 4 aromatic carbocycles. The van der Waals surface area contributed by atoms with Gasteiger partial charge in [-0.05, 0) is 86.8 Å². The Labute approximate surface area is 283 Å². The van der Waals surface area contributed by atoms with Gasteiger partial charge in [-0.1, -0.05) is 78.7 Å². The summed E-state index contributed by atoms with van der Waals surface area (Å²) >= 11 is 6.16. The lowest BCUT2D eigenvalue weighted by atomic mass is 10.0. The zero-order valence-electron chi connectivity index (χ0n) is 27.2. The number of anilines is 1. The van der Waals surface area contributed by atoms with E-state index in [4.69, 9.17) is 16.3 Å². The molecule has 0 unspecified atom stereocenters. The summed E-state index contributed by atoms with van der Waals surface area (Å²) in [5.74, 6) is -0.284. The van der Waals surface area contributed by atoms with Crippen molar-refractivity contribution >= 4 is 39.1 Å². The SMILES string of the molecule is CCOc1ccc(N(CC(=O)N(Cc2ccc(Cl)cc2)[C@@H](Cc2ccccc2)C(=O)N[C@@H](C)CC)S(=O)(=O)c2ccc(C)cc2)cc1. The quantitative estimate of drug-likeness (QED) is 0.150. The summed E-state index contributed by atoms with van der Waals surface area (Å²) in [5, 5.41) is 3.58. The molecule has 1 N–H and O–H groups in total. The van der Waals surface area contributed by atoms with E-state index in [0.717, 1.165) is 21.0 Å². The van der Waals surface area contributed by atoms with Crippen molar-refractivity contribution in [3.8, 4) is 5.75 Å². The van der Waals surface area contributed by atoms with Crippen LogP contribution in [0.1, 0.15) is 43.9 Å². The predicted octanol–water partition coefficient (Wildman–Crippen LogP) is 6.80. The van der Waals surface area contributed by atoms with Gasteiger partial charge in [0.1, 0.15) is 18.3 Å². The van der Waals surface area contributed by atoms with Crippen molar-refractivity contribution in [2.45, 2.75) is 64.1 Å². The second-order valence-electron chi connectivity index (χ2n) is 11.4. The van der Waals surface area contributed by atoms with Crippen LogP contribution in [-0.2, 0) is 32.6 Å². The number of nitrogens with zero attached hydrogens (tertiary/aromatic N) is 2. The summed E-state index contributed by atoms with van der Waals surface area (Å²) in [6.45, 7) is 7.58. The van der Waals surface area contributed by atoms with Crippen molar-refractivity contribution in [1.29, 1.82) is 0 Å². The van der Waals surface area contributed by atoms with Crippen molar-refractivity contribution < 1.29 is 22.7 Å². The third kappa shape index (κ3) is 9.59. The molecule has 0 aromatic heterocycles. The van der Waals surface area contributed by atoms with E-state index in [-0.39, 0.29) is 35.5 Å². The molecule has 0 aliphatic carbocycles. The first-order chi connectivity index (χ1) is 22.5. The molecular weight excluding hydrogens is 634 g/mol. The molecule has 8 nitrogen and oxygen atoms in total. The van der Waals surface area contributed by atoms with E-state index in [0.29, 0.717) is 23.8 Å². The average Bonchev–Trinajstić information content (AvgIpc) is 3.07. The fourth-order valence-electron chi connectivity index (χ4n) is 5.02. The summed E-state index contributed by atoms with van der Waals surface area (Å²) in [4.78, 5) is 30.0. The molecule has 0 spiro atoms. The van der Waals surface area contributed by atoms with Crippen molar-refractivity contribution in [3.63, 3.8) is 0 Å². The number of amides is 2. The molecule has 47 heavy (non-hydrogen) atoms. The van der Waals surface area contributed by atoms with Crippen LogP contribution in [0.3, 0.4) is 0 Å². The van der Waals surface area contributed by atoms with Gasteiger partial charge in [-0.2, -0.15) is 0 Å². The maximum absolute atomic E-state index is 14.6. The van der Waals surface area contributed by atoms with E-state index in [1.165, 1.54) is 17.0 Å². The molecule has 248 valence electrons. The molecule has 2 atom stereocenters. The molecular formula is C37H42ClN3O5S. The first kappa shape index (κ1) is 35.5. The van der Waals surface area contributed by atoms with E-state index in [1.54, 1.807) is 60.7 Å². The van der Waals surface area contributed by atoms with Gasteiger partial charge in [0.2, 0.25) is 11.8 Å². The van der Waals surface area contributed by atoms with Crippen LogP contribution < -0.4 is 14.4 Å². The topological polar surface area (TPSA) is 96.0 Å². The van der Waals surface area contributed by atoms with Crippen LogP contribution in [-0.4, -0.2) is 50.4 Å². The van der Waals surface area contributed by atoms with Crippen molar-refractivity contribution in [1.82, 2.24) is 10.2 Å². The van der Waals surface area contributed by atoms with Crippen LogP contribution in [0.25, 0.3) is 0 Å². The Hall–Kier alpha value is -4.34. The Morgan fingerprint density at radius 2 is 1.49 bits per heavy atom. The highest BCUT2D eigenvalue weighted by molar-refractivity contribution is 7.92. The van der Waals surface area contributed by atoms with Gasteiger partial charge in [0, 0.05) is 24.0 Å². The first-order valence-corrected chi connectivity index (χ1v) is 17.5. The Bertz CT molecular complexity index is 1720. The molecule has 0 aliphatic heterocycles. The maximum atomic E-state index is 14.6. The summed E-state index contributed by atoms with van der Waals surface area (Å²) in [7, 11) is -4.20. The van der Waals surface area contributed by atoms with Gasteiger partial charge < -0.3 is 15.0 Å².